The lowest BCUT2D eigenvalue weighted by atomic mass is 10.1. The van der Waals surface area contributed by atoms with Crippen molar-refractivity contribution in [1.29, 1.82) is 0 Å². The predicted octanol–water partition coefficient (Wildman–Crippen LogP) is 2.14. The van der Waals surface area contributed by atoms with E-state index < -0.39 is 0 Å². The van der Waals surface area contributed by atoms with Crippen LogP contribution in [0.4, 0.5) is 0 Å². The van der Waals surface area contributed by atoms with Gasteiger partial charge in [-0.15, -0.1) is 0 Å². The number of hydrogen-bond donors (Lipinski definition) is 1. The second-order valence-electron chi connectivity index (χ2n) is 3.72. The first-order valence-corrected chi connectivity index (χ1v) is 5.32. The fourth-order valence-electron chi connectivity index (χ4n) is 1.61. The van der Waals surface area contributed by atoms with Gasteiger partial charge in [0.15, 0.2) is 0 Å². The summed E-state index contributed by atoms with van der Waals surface area (Å²) in [5, 5.41) is 3.38. The molecule has 1 aromatic heterocycles. The Kier molecular flexibility index (Phi) is 2.39. The summed E-state index contributed by atoms with van der Waals surface area (Å²) in [6.07, 6.45) is 7.44. The van der Waals surface area contributed by atoms with E-state index in [1.54, 1.807) is 0 Å². The molecule has 1 heterocycles. The molecule has 3 heteroatoms. The molecule has 0 aromatic carbocycles. The predicted molar refractivity (Wildman–Crippen MR) is 56.7 cm³/mol. The third kappa shape index (κ3) is 2.09. The van der Waals surface area contributed by atoms with E-state index in [0.29, 0.717) is 5.54 Å². The van der Waals surface area contributed by atoms with Crippen LogP contribution >= 0.6 is 15.9 Å². The number of halogens is 1. The van der Waals surface area contributed by atoms with Crippen LogP contribution in [0.5, 0.6) is 0 Å². The van der Waals surface area contributed by atoms with Gasteiger partial charge in [-0.25, -0.2) is 0 Å². The molecule has 0 amide bonds. The normalized spacial score (nSPS) is 18.6. The lowest BCUT2D eigenvalue weighted by molar-refractivity contribution is 0.548. The molecule has 0 unspecified atom stereocenters. The van der Waals surface area contributed by atoms with Crippen molar-refractivity contribution in [2.75, 3.05) is 7.05 Å². The molecule has 13 heavy (non-hydrogen) atoms. The van der Waals surface area contributed by atoms with Gasteiger partial charge >= 0.3 is 0 Å². The lowest BCUT2D eigenvalue weighted by Crippen LogP contribution is -2.29. The van der Waals surface area contributed by atoms with Gasteiger partial charge in [0.05, 0.1) is 0 Å². The molecular weight excluding hydrogens is 228 g/mol. The van der Waals surface area contributed by atoms with Gasteiger partial charge in [-0.2, -0.15) is 0 Å². The van der Waals surface area contributed by atoms with Gasteiger partial charge in [-0.3, -0.25) is 4.98 Å². The van der Waals surface area contributed by atoms with Crippen LogP contribution in [-0.4, -0.2) is 17.6 Å². The topological polar surface area (TPSA) is 24.9 Å². The van der Waals surface area contributed by atoms with Crippen molar-refractivity contribution >= 4 is 15.9 Å². The molecule has 1 aliphatic rings. The van der Waals surface area contributed by atoms with E-state index in [1.807, 2.05) is 19.4 Å². The Morgan fingerprint density at radius 2 is 2.31 bits per heavy atom. The van der Waals surface area contributed by atoms with Crippen LogP contribution < -0.4 is 5.32 Å². The van der Waals surface area contributed by atoms with Gasteiger partial charge < -0.3 is 5.32 Å². The van der Waals surface area contributed by atoms with E-state index in [2.05, 4.69) is 32.3 Å². The molecule has 1 aromatic rings. The zero-order chi connectivity index (χ0) is 9.31. The van der Waals surface area contributed by atoms with Crippen LogP contribution in [0, 0.1) is 0 Å². The van der Waals surface area contributed by atoms with Crippen molar-refractivity contribution in [1.82, 2.24) is 10.3 Å². The summed E-state index contributed by atoms with van der Waals surface area (Å²) >= 11 is 3.43. The summed E-state index contributed by atoms with van der Waals surface area (Å²) < 4.78 is 1.07. The fourth-order valence-corrected chi connectivity index (χ4v) is 2.02. The fraction of sp³-hybridized carbons (Fsp3) is 0.500. The third-order valence-electron chi connectivity index (χ3n) is 2.69. The molecule has 0 saturated heterocycles. The first kappa shape index (κ1) is 9.16. The highest BCUT2D eigenvalue weighted by Crippen LogP contribution is 2.38. The zero-order valence-corrected chi connectivity index (χ0v) is 9.26. The monoisotopic (exact) mass is 240 g/mol. The molecule has 70 valence electrons. The molecule has 2 rings (SSSR count). The van der Waals surface area contributed by atoms with Gasteiger partial charge in [0.25, 0.3) is 0 Å². The molecule has 1 fully saturated rings. The largest absolute Gasteiger partial charge is 0.314 e. The third-order valence-corrected chi connectivity index (χ3v) is 3.12. The summed E-state index contributed by atoms with van der Waals surface area (Å²) in [5.41, 5.74) is 1.68. The number of likely N-dealkylation sites (N-methyl/N-ethyl adjacent to an activating group) is 1. The maximum Gasteiger partial charge on any atom is 0.0410 e. The average Bonchev–Trinajstić information content (AvgIpc) is 2.86. The molecule has 2 nitrogen and oxygen atoms in total. The molecule has 1 aliphatic carbocycles. The van der Waals surface area contributed by atoms with Gasteiger partial charge in [0.2, 0.25) is 0 Å². The van der Waals surface area contributed by atoms with Crippen LogP contribution in [-0.2, 0) is 6.42 Å². The van der Waals surface area contributed by atoms with Crippen LogP contribution in [0.1, 0.15) is 18.4 Å². The lowest BCUT2D eigenvalue weighted by Gasteiger charge is -2.13. The molecule has 0 spiro atoms. The quantitative estimate of drug-likeness (QED) is 0.876. The average molecular weight is 241 g/mol. The van der Waals surface area contributed by atoms with Crippen molar-refractivity contribution in [3.8, 4) is 0 Å². The SMILES string of the molecule is CNC1(Cc2cncc(Br)c2)CC1. The number of pyridine rings is 1. The first-order valence-electron chi connectivity index (χ1n) is 4.52. The molecule has 0 atom stereocenters. The van der Waals surface area contributed by atoms with Gasteiger partial charge in [0, 0.05) is 22.4 Å². The zero-order valence-electron chi connectivity index (χ0n) is 7.68. The van der Waals surface area contributed by atoms with E-state index in [9.17, 15) is 0 Å². The summed E-state index contributed by atoms with van der Waals surface area (Å²) in [6.45, 7) is 0. The smallest absolute Gasteiger partial charge is 0.0410 e. The van der Waals surface area contributed by atoms with Gasteiger partial charge in [-0.05, 0) is 53.9 Å². The molecule has 0 radical (unpaired) electrons. The number of nitrogens with zero attached hydrogens (tertiary/aromatic N) is 1. The Bertz CT molecular complexity index is 308. The second-order valence-corrected chi connectivity index (χ2v) is 4.63. The Morgan fingerprint density at radius 3 is 2.85 bits per heavy atom. The minimum atomic E-state index is 0.377. The van der Waals surface area contributed by atoms with E-state index >= 15 is 0 Å². The van der Waals surface area contributed by atoms with E-state index in [-0.39, 0.29) is 0 Å². The number of aromatic nitrogens is 1. The summed E-state index contributed by atoms with van der Waals surface area (Å²) in [4.78, 5) is 4.16. The van der Waals surface area contributed by atoms with Gasteiger partial charge in [0.1, 0.15) is 0 Å². The Hall–Kier alpha value is -0.410. The van der Waals surface area contributed by atoms with Crippen LogP contribution in [0.25, 0.3) is 0 Å². The van der Waals surface area contributed by atoms with Crippen molar-refractivity contribution in [2.24, 2.45) is 0 Å². The van der Waals surface area contributed by atoms with Crippen LogP contribution in [0.15, 0.2) is 22.9 Å². The van der Waals surface area contributed by atoms with Crippen molar-refractivity contribution in [3.63, 3.8) is 0 Å². The van der Waals surface area contributed by atoms with E-state index in [1.165, 1.54) is 18.4 Å². The van der Waals surface area contributed by atoms with E-state index in [4.69, 9.17) is 0 Å². The summed E-state index contributed by atoms with van der Waals surface area (Å²) in [6, 6.07) is 2.14. The Morgan fingerprint density at radius 1 is 1.54 bits per heavy atom. The van der Waals surface area contributed by atoms with Gasteiger partial charge in [-0.1, -0.05) is 0 Å². The summed E-state index contributed by atoms with van der Waals surface area (Å²) in [5.74, 6) is 0. The number of nitrogens with one attached hydrogen (secondary N) is 1. The number of rotatable bonds is 3. The maximum atomic E-state index is 4.16. The van der Waals surface area contributed by atoms with Crippen molar-refractivity contribution in [2.45, 2.75) is 24.8 Å². The Labute approximate surface area is 86.9 Å². The highest BCUT2D eigenvalue weighted by molar-refractivity contribution is 9.10. The van der Waals surface area contributed by atoms with E-state index in [0.717, 1.165) is 10.9 Å². The molecule has 1 N–H and O–H groups in total. The summed E-state index contributed by atoms with van der Waals surface area (Å²) in [7, 11) is 2.04. The highest BCUT2D eigenvalue weighted by atomic mass is 79.9. The molecule has 1 saturated carbocycles. The van der Waals surface area contributed by atoms with Crippen molar-refractivity contribution in [3.05, 3.63) is 28.5 Å². The molecule has 0 aliphatic heterocycles. The minimum absolute atomic E-state index is 0.377. The Balaban J connectivity index is 2.09. The first-order chi connectivity index (χ1) is 6.24. The second kappa shape index (κ2) is 3.39. The maximum absolute atomic E-state index is 4.16. The van der Waals surface area contributed by atoms with Crippen LogP contribution in [0.2, 0.25) is 0 Å². The highest BCUT2D eigenvalue weighted by Gasteiger charge is 2.40. The molecule has 0 bridgehead atoms. The number of hydrogen-bond acceptors (Lipinski definition) is 2. The molecular formula is C10H13BrN2. The minimum Gasteiger partial charge on any atom is -0.314 e. The van der Waals surface area contributed by atoms with Crippen LogP contribution in [0.3, 0.4) is 0 Å². The standard InChI is InChI=1S/C10H13BrN2/c1-12-10(2-3-10)5-8-4-9(11)7-13-6-8/h4,6-7,12H,2-3,5H2,1H3. The van der Waals surface area contributed by atoms with Crippen molar-refractivity contribution < 1.29 is 0 Å².